The van der Waals surface area contributed by atoms with Crippen LogP contribution in [-0.4, -0.2) is 26.2 Å². The van der Waals surface area contributed by atoms with Crippen molar-refractivity contribution in [3.63, 3.8) is 0 Å². The van der Waals surface area contributed by atoms with Crippen LogP contribution in [0.25, 0.3) is 0 Å². The van der Waals surface area contributed by atoms with Crippen molar-refractivity contribution in [2.75, 3.05) is 4.90 Å². The van der Waals surface area contributed by atoms with Gasteiger partial charge in [-0.15, -0.1) is 4.40 Å². The second-order valence-electron chi connectivity index (χ2n) is 5.80. The molecule has 0 radical (unpaired) electrons. The van der Waals surface area contributed by atoms with Crippen molar-refractivity contribution in [1.29, 1.82) is 0 Å². The van der Waals surface area contributed by atoms with E-state index in [-0.39, 0.29) is 16.7 Å². The van der Waals surface area contributed by atoms with Crippen molar-refractivity contribution >= 4 is 45.1 Å². The average Bonchev–Trinajstić information content (AvgIpc) is 2.77. The second-order valence-corrected chi connectivity index (χ2v) is 7.89. The van der Waals surface area contributed by atoms with Gasteiger partial charge in [-0.05, 0) is 37.1 Å². The predicted molar refractivity (Wildman–Crippen MR) is 92.1 cm³/mol. The summed E-state index contributed by atoms with van der Waals surface area (Å²) in [5, 5.41) is 0.572. The minimum absolute atomic E-state index is 0.147. The molecule has 1 aliphatic carbocycles. The average molecular weight is 383 g/mol. The lowest BCUT2D eigenvalue weighted by Gasteiger charge is -2.17. The Bertz CT molecular complexity index is 904. The molecule has 1 aromatic rings. The quantitative estimate of drug-likeness (QED) is 0.448. The van der Waals surface area contributed by atoms with Crippen LogP contribution in [0.2, 0.25) is 0 Å². The van der Waals surface area contributed by atoms with Crippen molar-refractivity contribution in [1.82, 2.24) is 0 Å². The number of nitrogens with zero attached hydrogens (tertiary/aromatic N) is 2. The number of carbonyl (C=O) groups excluding carboxylic acids is 2. The highest BCUT2D eigenvalue weighted by Gasteiger charge is 2.48. The third-order valence-corrected chi connectivity index (χ3v) is 5.82. The Balaban J connectivity index is 1.90. The lowest BCUT2D eigenvalue weighted by atomic mass is 9.85. The van der Waals surface area contributed by atoms with E-state index in [0.29, 0.717) is 23.6 Å². The number of hydrogen-bond donors (Lipinski definition) is 2. The number of anilines is 1. The molecule has 4 N–H and O–H groups in total. The first-order valence-corrected chi connectivity index (χ1v) is 9.21. The summed E-state index contributed by atoms with van der Waals surface area (Å²) in [7, 11) is -4.03. The Hall–Kier alpha value is -2.39. The Morgan fingerprint density at radius 1 is 1.12 bits per heavy atom. The summed E-state index contributed by atoms with van der Waals surface area (Å²) in [5.74, 6) is -2.13. The van der Waals surface area contributed by atoms with Crippen LogP contribution in [0.1, 0.15) is 12.8 Å². The summed E-state index contributed by atoms with van der Waals surface area (Å²) in [6.45, 7) is 0. The van der Waals surface area contributed by atoms with Gasteiger partial charge >= 0.3 is 0 Å². The summed E-state index contributed by atoms with van der Waals surface area (Å²) in [6, 6.07) is 5.23. The number of fused-ring (bicyclic) bond motifs is 1. The third kappa shape index (κ3) is 3.12. The molecule has 0 unspecified atom stereocenters. The number of benzene rings is 1. The Kier molecular flexibility index (Phi) is 4.29. The molecule has 1 fully saturated rings. The topological polar surface area (TPSA) is 136 Å². The molecule has 2 aliphatic rings. The molecule has 132 valence electrons. The van der Waals surface area contributed by atoms with Gasteiger partial charge in [0.25, 0.3) is 10.0 Å². The molecule has 25 heavy (non-hydrogen) atoms. The van der Waals surface area contributed by atoms with Crippen molar-refractivity contribution < 1.29 is 18.0 Å². The first-order valence-electron chi connectivity index (χ1n) is 7.39. The number of carbonyl (C=O) groups is 2. The normalized spacial score (nSPS) is 23.2. The zero-order chi connectivity index (χ0) is 18.4. The van der Waals surface area contributed by atoms with Gasteiger partial charge in [0, 0.05) is 5.03 Å². The number of rotatable bonds is 3. The van der Waals surface area contributed by atoms with Gasteiger partial charge in [-0.1, -0.05) is 17.7 Å². The number of amides is 2. The molecule has 0 bridgehead atoms. The fourth-order valence-electron chi connectivity index (χ4n) is 3.04. The first-order chi connectivity index (χ1) is 11.7. The highest BCUT2D eigenvalue weighted by Crippen LogP contribution is 2.40. The van der Waals surface area contributed by atoms with Gasteiger partial charge < -0.3 is 11.5 Å². The molecular formula is C15H15ClN4O4S. The molecular weight excluding hydrogens is 368 g/mol. The predicted octanol–water partition coefficient (Wildman–Crippen LogP) is 0.671. The van der Waals surface area contributed by atoms with Crippen LogP contribution >= 0.6 is 11.6 Å². The van der Waals surface area contributed by atoms with E-state index in [1.807, 2.05) is 0 Å². The lowest BCUT2D eigenvalue weighted by Crippen LogP contribution is -2.30. The Morgan fingerprint density at radius 3 is 2.32 bits per heavy atom. The third-order valence-electron chi connectivity index (χ3n) is 4.19. The molecule has 1 heterocycles. The number of imide groups is 1. The largest absolute Gasteiger partial charge is 0.369 e. The molecule has 2 amide bonds. The van der Waals surface area contributed by atoms with Crippen LogP contribution < -0.4 is 16.4 Å². The van der Waals surface area contributed by atoms with Gasteiger partial charge in [0.1, 0.15) is 0 Å². The van der Waals surface area contributed by atoms with Crippen molar-refractivity contribution in [3.8, 4) is 0 Å². The van der Waals surface area contributed by atoms with Crippen molar-refractivity contribution in [3.05, 3.63) is 35.4 Å². The van der Waals surface area contributed by atoms with E-state index >= 15 is 0 Å². The highest BCUT2D eigenvalue weighted by molar-refractivity contribution is 7.90. The smallest absolute Gasteiger partial charge is 0.285 e. The molecule has 0 aromatic heterocycles. The number of guanidine groups is 1. The van der Waals surface area contributed by atoms with Crippen LogP contribution in [0.5, 0.6) is 0 Å². The van der Waals surface area contributed by atoms with Crippen LogP contribution in [0.15, 0.2) is 44.7 Å². The molecule has 1 aliphatic heterocycles. The fourth-order valence-corrected chi connectivity index (χ4v) is 4.16. The molecule has 10 heteroatoms. The van der Waals surface area contributed by atoms with Crippen LogP contribution in [0.4, 0.5) is 5.69 Å². The van der Waals surface area contributed by atoms with Gasteiger partial charge in [-0.2, -0.15) is 8.42 Å². The van der Waals surface area contributed by atoms with E-state index in [1.165, 1.54) is 24.3 Å². The maximum atomic E-state index is 12.6. The van der Waals surface area contributed by atoms with Crippen LogP contribution in [-0.2, 0) is 19.6 Å². The number of sulfonamides is 1. The van der Waals surface area contributed by atoms with E-state index < -0.39 is 27.8 Å². The molecule has 1 aromatic carbocycles. The molecule has 1 saturated heterocycles. The van der Waals surface area contributed by atoms with Crippen molar-refractivity contribution in [2.24, 2.45) is 27.7 Å². The summed E-state index contributed by atoms with van der Waals surface area (Å²) in [4.78, 5) is 26.0. The summed E-state index contributed by atoms with van der Waals surface area (Å²) >= 11 is 5.98. The van der Waals surface area contributed by atoms with E-state index in [4.69, 9.17) is 23.1 Å². The number of allylic oxidation sites excluding steroid dienone is 2. The first kappa shape index (κ1) is 17.4. The summed E-state index contributed by atoms with van der Waals surface area (Å²) in [6.07, 6.45) is 2.51. The highest BCUT2D eigenvalue weighted by atomic mass is 35.5. The van der Waals surface area contributed by atoms with Gasteiger partial charge in [0.2, 0.25) is 17.8 Å². The molecule has 0 saturated carbocycles. The molecule has 0 spiro atoms. The monoisotopic (exact) mass is 382 g/mol. The minimum Gasteiger partial charge on any atom is -0.369 e. The van der Waals surface area contributed by atoms with E-state index in [0.717, 1.165) is 4.90 Å². The Morgan fingerprint density at radius 2 is 1.72 bits per heavy atom. The second kappa shape index (κ2) is 6.16. The number of halogens is 1. The zero-order valence-electron chi connectivity index (χ0n) is 12.9. The SMILES string of the molecule is NC(N)=NS(=O)(=O)c1ccc(N2C(=O)[C@@H]3CC=C(Cl)C[C@H]3C2=O)cc1. The molecule has 8 nitrogen and oxygen atoms in total. The Labute approximate surface area is 149 Å². The molecule has 2 atom stereocenters. The standard InChI is InChI=1S/C15H15ClN4O4S/c16-8-1-6-11-12(7-8)14(22)20(13(11)21)9-2-4-10(5-3-9)25(23,24)19-15(17)18/h1-5,11-12H,6-7H2,(H4,17,18,19)/t11-,12-/m1/s1. The maximum Gasteiger partial charge on any atom is 0.285 e. The van der Waals surface area contributed by atoms with E-state index in [9.17, 15) is 18.0 Å². The fraction of sp³-hybridized carbons (Fsp3) is 0.267. The summed E-state index contributed by atoms with van der Waals surface area (Å²) < 4.78 is 27.0. The number of nitrogens with two attached hydrogens (primary N) is 2. The van der Waals surface area contributed by atoms with Crippen LogP contribution in [0, 0.1) is 11.8 Å². The zero-order valence-corrected chi connectivity index (χ0v) is 14.5. The van der Waals surface area contributed by atoms with Crippen LogP contribution in [0.3, 0.4) is 0 Å². The van der Waals surface area contributed by atoms with E-state index in [2.05, 4.69) is 4.40 Å². The van der Waals surface area contributed by atoms with Gasteiger partial charge in [-0.3, -0.25) is 14.5 Å². The van der Waals surface area contributed by atoms with Gasteiger partial charge in [0.15, 0.2) is 0 Å². The van der Waals surface area contributed by atoms with Gasteiger partial charge in [0.05, 0.1) is 22.4 Å². The summed E-state index contributed by atoms with van der Waals surface area (Å²) in [5.41, 5.74) is 10.5. The number of hydrogen-bond acceptors (Lipinski definition) is 4. The molecule has 3 rings (SSSR count). The van der Waals surface area contributed by atoms with Crippen molar-refractivity contribution in [2.45, 2.75) is 17.7 Å². The maximum absolute atomic E-state index is 12.6. The van der Waals surface area contributed by atoms with E-state index in [1.54, 1.807) is 6.08 Å². The lowest BCUT2D eigenvalue weighted by molar-refractivity contribution is -0.122. The van der Waals surface area contributed by atoms with Gasteiger partial charge in [-0.25, -0.2) is 0 Å². The minimum atomic E-state index is -4.03.